The van der Waals surface area contributed by atoms with Crippen LogP contribution in [0.3, 0.4) is 0 Å². The molecule has 0 heterocycles. The van der Waals surface area contributed by atoms with E-state index in [4.69, 9.17) is 4.74 Å². The summed E-state index contributed by atoms with van der Waals surface area (Å²) in [7, 11) is 1.34. The number of halogens is 1. The Morgan fingerprint density at radius 2 is 2.16 bits per heavy atom. The van der Waals surface area contributed by atoms with Gasteiger partial charge in [0.25, 0.3) is 0 Å². The van der Waals surface area contributed by atoms with Crippen molar-refractivity contribution < 1.29 is 19.0 Å². The highest BCUT2D eigenvalue weighted by molar-refractivity contribution is 5.75. The summed E-state index contributed by atoms with van der Waals surface area (Å²) < 4.78 is 17.9. The molecule has 19 heavy (non-hydrogen) atoms. The van der Waals surface area contributed by atoms with Gasteiger partial charge < -0.3 is 15.2 Å². The third-order valence-corrected chi connectivity index (χ3v) is 3.14. The van der Waals surface area contributed by atoms with E-state index < -0.39 is 11.9 Å². The molecule has 106 valence electrons. The number of carbonyl (C=O) groups excluding carboxylic acids is 1. The van der Waals surface area contributed by atoms with Crippen LogP contribution >= 0.6 is 0 Å². The maximum absolute atomic E-state index is 13.1. The van der Waals surface area contributed by atoms with Crippen molar-refractivity contribution in [3.63, 3.8) is 0 Å². The van der Waals surface area contributed by atoms with Gasteiger partial charge in [-0.3, -0.25) is 4.79 Å². The number of ether oxygens (including phenoxy) is 1. The first-order chi connectivity index (χ1) is 8.97. The highest BCUT2D eigenvalue weighted by Gasteiger charge is 2.24. The Morgan fingerprint density at radius 1 is 1.47 bits per heavy atom. The van der Waals surface area contributed by atoms with E-state index in [1.54, 1.807) is 0 Å². The van der Waals surface area contributed by atoms with Crippen LogP contribution in [0.15, 0.2) is 18.2 Å². The van der Waals surface area contributed by atoms with Crippen LogP contribution in [-0.2, 0) is 16.1 Å². The summed E-state index contributed by atoms with van der Waals surface area (Å²) in [6.07, 6.45) is 0.821. The van der Waals surface area contributed by atoms with Crippen molar-refractivity contribution in [2.24, 2.45) is 5.92 Å². The third kappa shape index (κ3) is 4.52. The van der Waals surface area contributed by atoms with Gasteiger partial charge in [-0.1, -0.05) is 20.3 Å². The minimum absolute atomic E-state index is 0.106. The van der Waals surface area contributed by atoms with E-state index in [1.165, 1.54) is 19.2 Å². The first-order valence-corrected chi connectivity index (χ1v) is 6.27. The van der Waals surface area contributed by atoms with Crippen molar-refractivity contribution in [1.29, 1.82) is 0 Å². The van der Waals surface area contributed by atoms with Crippen LogP contribution < -0.4 is 5.32 Å². The normalized spacial score (nSPS) is 13.9. The number of rotatable bonds is 6. The van der Waals surface area contributed by atoms with Crippen LogP contribution in [0, 0.1) is 11.7 Å². The lowest BCUT2D eigenvalue weighted by Gasteiger charge is -2.22. The Balaban J connectivity index is 2.72. The summed E-state index contributed by atoms with van der Waals surface area (Å²) >= 11 is 0. The Bertz CT molecular complexity index is 416. The number of esters is 1. The predicted molar refractivity (Wildman–Crippen MR) is 70.2 cm³/mol. The van der Waals surface area contributed by atoms with E-state index >= 15 is 0 Å². The smallest absolute Gasteiger partial charge is 0.323 e. The lowest BCUT2D eigenvalue weighted by Crippen LogP contribution is -2.42. The van der Waals surface area contributed by atoms with Gasteiger partial charge in [-0.25, -0.2) is 4.39 Å². The second-order valence-electron chi connectivity index (χ2n) is 4.58. The number of carbonyl (C=O) groups is 1. The third-order valence-electron chi connectivity index (χ3n) is 3.14. The number of benzene rings is 1. The molecule has 0 spiro atoms. The van der Waals surface area contributed by atoms with Gasteiger partial charge in [-0.2, -0.15) is 0 Å². The number of nitrogens with one attached hydrogen (secondary N) is 1. The van der Waals surface area contributed by atoms with Gasteiger partial charge in [0.1, 0.15) is 17.6 Å². The van der Waals surface area contributed by atoms with Crippen LogP contribution in [0.2, 0.25) is 0 Å². The van der Waals surface area contributed by atoms with Gasteiger partial charge in [0.15, 0.2) is 0 Å². The standard InChI is InChI=1S/C14H20FNO3/c1-4-9(2)13(14(18)19-3)16-8-10-5-11(15)7-12(17)6-10/h5-7,9,13,16-17H,4,8H2,1-3H3. The van der Waals surface area contributed by atoms with Crippen LogP contribution in [0.1, 0.15) is 25.8 Å². The molecule has 1 aromatic carbocycles. The molecule has 0 aliphatic rings. The minimum atomic E-state index is -0.505. The Hall–Kier alpha value is -1.62. The SMILES string of the molecule is CCC(C)C(NCc1cc(O)cc(F)c1)C(=O)OC. The highest BCUT2D eigenvalue weighted by Crippen LogP contribution is 2.16. The van der Waals surface area contributed by atoms with Crippen molar-refractivity contribution in [2.75, 3.05) is 7.11 Å². The molecule has 0 fully saturated rings. The summed E-state index contributed by atoms with van der Waals surface area (Å²) in [4.78, 5) is 11.7. The molecule has 0 aliphatic heterocycles. The van der Waals surface area contributed by atoms with Gasteiger partial charge in [0, 0.05) is 12.6 Å². The molecule has 2 unspecified atom stereocenters. The first-order valence-electron chi connectivity index (χ1n) is 6.27. The molecule has 5 heteroatoms. The minimum Gasteiger partial charge on any atom is -0.508 e. The Morgan fingerprint density at radius 3 is 2.68 bits per heavy atom. The van der Waals surface area contributed by atoms with Gasteiger partial charge in [0.05, 0.1) is 7.11 Å². The highest BCUT2D eigenvalue weighted by atomic mass is 19.1. The van der Waals surface area contributed by atoms with E-state index in [9.17, 15) is 14.3 Å². The van der Waals surface area contributed by atoms with E-state index in [1.807, 2.05) is 13.8 Å². The van der Waals surface area contributed by atoms with Gasteiger partial charge in [-0.05, 0) is 23.6 Å². The zero-order valence-electron chi connectivity index (χ0n) is 11.4. The van der Waals surface area contributed by atoms with Crippen molar-refractivity contribution in [3.8, 4) is 5.75 Å². The summed E-state index contributed by atoms with van der Waals surface area (Å²) in [5, 5.41) is 12.3. The maximum Gasteiger partial charge on any atom is 0.323 e. The largest absolute Gasteiger partial charge is 0.508 e. The van der Waals surface area contributed by atoms with Crippen molar-refractivity contribution in [2.45, 2.75) is 32.9 Å². The summed E-state index contributed by atoms with van der Waals surface area (Å²) in [6, 6.07) is 3.37. The number of phenolic OH excluding ortho intramolecular Hbond substituents is 1. The van der Waals surface area contributed by atoms with Gasteiger partial charge >= 0.3 is 5.97 Å². The lowest BCUT2D eigenvalue weighted by molar-refractivity contribution is -0.144. The molecule has 0 saturated heterocycles. The molecule has 0 saturated carbocycles. The maximum atomic E-state index is 13.1. The van der Waals surface area contributed by atoms with Gasteiger partial charge in [0.2, 0.25) is 0 Å². The van der Waals surface area contributed by atoms with Crippen LogP contribution in [-0.4, -0.2) is 24.2 Å². The van der Waals surface area contributed by atoms with Crippen molar-refractivity contribution >= 4 is 5.97 Å². The molecule has 0 amide bonds. The lowest BCUT2D eigenvalue weighted by atomic mass is 9.99. The average molecular weight is 269 g/mol. The molecule has 0 aliphatic carbocycles. The van der Waals surface area contributed by atoms with E-state index in [2.05, 4.69) is 5.32 Å². The zero-order chi connectivity index (χ0) is 14.4. The number of methoxy groups -OCH3 is 1. The molecule has 0 bridgehead atoms. The number of phenols is 1. The number of hydrogen-bond acceptors (Lipinski definition) is 4. The second kappa shape index (κ2) is 7.09. The first kappa shape index (κ1) is 15.4. The van der Waals surface area contributed by atoms with Gasteiger partial charge in [-0.15, -0.1) is 0 Å². The predicted octanol–water partition coefficient (Wildman–Crippen LogP) is 2.21. The quantitative estimate of drug-likeness (QED) is 0.777. The molecule has 1 aromatic rings. The summed E-state index contributed by atoms with van der Waals surface area (Å²) in [6.45, 7) is 4.21. The molecule has 0 radical (unpaired) electrons. The average Bonchev–Trinajstić information content (AvgIpc) is 2.37. The van der Waals surface area contributed by atoms with Crippen LogP contribution in [0.4, 0.5) is 4.39 Å². The summed E-state index contributed by atoms with van der Waals surface area (Å²) in [5.74, 6) is -0.866. The van der Waals surface area contributed by atoms with Crippen LogP contribution in [0.5, 0.6) is 5.75 Å². The Labute approximate surface area is 112 Å². The molecule has 2 atom stereocenters. The monoisotopic (exact) mass is 269 g/mol. The molecule has 0 aromatic heterocycles. The number of aromatic hydroxyl groups is 1. The zero-order valence-corrected chi connectivity index (χ0v) is 11.4. The van der Waals surface area contributed by atoms with E-state index in [-0.39, 0.29) is 24.2 Å². The van der Waals surface area contributed by atoms with E-state index in [0.717, 1.165) is 12.5 Å². The number of hydrogen-bond donors (Lipinski definition) is 2. The molecule has 4 nitrogen and oxygen atoms in total. The summed E-state index contributed by atoms with van der Waals surface area (Å²) in [5.41, 5.74) is 0.578. The van der Waals surface area contributed by atoms with E-state index in [0.29, 0.717) is 5.56 Å². The fraction of sp³-hybridized carbons (Fsp3) is 0.500. The molecule has 1 rings (SSSR count). The van der Waals surface area contributed by atoms with Crippen molar-refractivity contribution in [1.82, 2.24) is 5.32 Å². The van der Waals surface area contributed by atoms with Crippen LogP contribution in [0.25, 0.3) is 0 Å². The van der Waals surface area contributed by atoms with Crippen molar-refractivity contribution in [3.05, 3.63) is 29.6 Å². The second-order valence-corrected chi connectivity index (χ2v) is 4.58. The molecular formula is C14H20FNO3. The fourth-order valence-electron chi connectivity index (χ4n) is 1.84. The topological polar surface area (TPSA) is 58.6 Å². The fourth-order valence-corrected chi connectivity index (χ4v) is 1.84. The molecule has 2 N–H and O–H groups in total. The molecular weight excluding hydrogens is 249 g/mol. The Kier molecular flexibility index (Phi) is 5.76.